The zero-order valence-corrected chi connectivity index (χ0v) is 15.1. The number of likely N-dealkylation sites (tertiary alicyclic amines) is 1. The van der Waals surface area contributed by atoms with Crippen molar-refractivity contribution in [2.45, 2.75) is 31.3 Å². The van der Waals surface area contributed by atoms with Crippen LogP contribution in [-0.4, -0.2) is 35.4 Å². The summed E-state index contributed by atoms with van der Waals surface area (Å²) in [7, 11) is 0. The van der Waals surface area contributed by atoms with Gasteiger partial charge in [-0.25, -0.2) is 0 Å². The van der Waals surface area contributed by atoms with Crippen molar-refractivity contribution in [1.29, 1.82) is 0 Å². The van der Waals surface area contributed by atoms with Crippen molar-refractivity contribution in [3.8, 4) is 0 Å². The standard InChI is InChI=1S/C21H24ClNO2/c22-19-9-4-8-18(16-19)21(25)11-14-23(15-12-21)13-5-10-20(24)17-6-2-1-3-7-17/h1-4,6-9,16,25H,5,10-15H2. The molecular weight excluding hydrogens is 334 g/mol. The average molecular weight is 358 g/mol. The maximum Gasteiger partial charge on any atom is 0.162 e. The van der Waals surface area contributed by atoms with Gasteiger partial charge in [0.2, 0.25) is 0 Å². The van der Waals surface area contributed by atoms with Gasteiger partial charge < -0.3 is 10.0 Å². The molecule has 0 bridgehead atoms. The molecular formula is C21H24ClNO2. The Bertz CT molecular complexity index is 709. The maximum atomic E-state index is 12.1. The zero-order valence-electron chi connectivity index (χ0n) is 14.3. The average Bonchev–Trinajstić information content (AvgIpc) is 2.64. The van der Waals surface area contributed by atoms with E-state index in [1.165, 1.54) is 0 Å². The molecule has 0 atom stereocenters. The molecule has 0 amide bonds. The number of rotatable bonds is 6. The zero-order chi connectivity index (χ0) is 17.7. The summed E-state index contributed by atoms with van der Waals surface area (Å²) in [5.74, 6) is 0.202. The lowest BCUT2D eigenvalue weighted by atomic mass is 9.84. The molecule has 0 saturated carbocycles. The summed E-state index contributed by atoms with van der Waals surface area (Å²) in [6, 6.07) is 17.0. The van der Waals surface area contributed by atoms with Crippen molar-refractivity contribution in [2.24, 2.45) is 0 Å². The number of carbonyl (C=O) groups excluding carboxylic acids is 1. The quantitative estimate of drug-likeness (QED) is 0.784. The van der Waals surface area contributed by atoms with Crippen LogP contribution in [0.2, 0.25) is 5.02 Å². The lowest BCUT2D eigenvalue weighted by molar-refractivity contribution is -0.0260. The van der Waals surface area contributed by atoms with E-state index in [0.717, 1.165) is 37.2 Å². The second-order valence-corrected chi connectivity index (χ2v) is 7.21. The van der Waals surface area contributed by atoms with Crippen LogP contribution < -0.4 is 0 Å². The Kier molecular flexibility index (Phi) is 5.89. The normalized spacial score (nSPS) is 17.4. The van der Waals surface area contributed by atoms with Gasteiger partial charge in [0.15, 0.2) is 5.78 Å². The minimum absolute atomic E-state index is 0.202. The van der Waals surface area contributed by atoms with Crippen LogP contribution >= 0.6 is 11.6 Å². The Balaban J connectivity index is 1.46. The topological polar surface area (TPSA) is 40.5 Å². The van der Waals surface area contributed by atoms with E-state index in [1.807, 2.05) is 54.6 Å². The van der Waals surface area contributed by atoms with E-state index < -0.39 is 5.60 Å². The Labute approximate surface area is 154 Å². The van der Waals surface area contributed by atoms with Crippen LogP contribution in [0.25, 0.3) is 0 Å². The minimum atomic E-state index is -0.790. The van der Waals surface area contributed by atoms with Gasteiger partial charge in [-0.05, 0) is 43.5 Å². The van der Waals surface area contributed by atoms with E-state index in [4.69, 9.17) is 11.6 Å². The van der Waals surface area contributed by atoms with Crippen LogP contribution in [0.15, 0.2) is 54.6 Å². The van der Waals surface area contributed by atoms with Gasteiger partial charge in [0, 0.05) is 30.1 Å². The van der Waals surface area contributed by atoms with Crippen molar-refractivity contribution < 1.29 is 9.90 Å². The van der Waals surface area contributed by atoms with E-state index >= 15 is 0 Å². The predicted molar refractivity (Wildman–Crippen MR) is 101 cm³/mol. The fraction of sp³-hybridized carbons (Fsp3) is 0.381. The summed E-state index contributed by atoms with van der Waals surface area (Å²) in [6.45, 7) is 2.56. The summed E-state index contributed by atoms with van der Waals surface area (Å²) in [5.41, 5.74) is 0.900. The highest BCUT2D eigenvalue weighted by atomic mass is 35.5. The molecule has 1 heterocycles. The number of hydrogen-bond acceptors (Lipinski definition) is 3. The maximum absolute atomic E-state index is 12.1. The van der Waals surface area contributed by atoms with Crippen molar-refractivity contribution in [3.05, 3.63) is 70.7 Å². The van der Waals surface area contributed by atoms with E-state index in [1.54, 1.807) is 0 Å². The molecule has 2 aromatic rings. The molecule has 1 aliphatic heterocycles. The summed E-state index contributed by atoms with van der Waals surface area (Å²) in [5, 5.41) is 11.6. The van der Waals surface area contributed by atoms with E-state index in [0.29, 0.717) is 24.3 Å². The third kappa shape index (κ3) is 4.69. The van der Waals surface area contributed by atoms with Crippen LogP contribution in [-0.2, 0) is 5.60 Å². The number of carbonyl (C=O) groups is 1. The monoisotopic (exact) mass is 357 g/mol. The van der Waals surface area contributed by atoms with Crippen molar-refractivity contribution in [3.63, 3.8) is 0 Å². The third-order valence-electron chi connectivity index (χ3n) is 5.02. The first-order chi connectivity index (χ1) is 12.1. The smallest absolute Gasteiger partial charge is 0.162 e. The number of hydrogen-bond donors (Lipinski definition) is 1. The summed E-state index contributed by atoms with van der Waals surface area (Å²) in [4.78, 5) is 14.5. The molecule has 0 aromatic heterocycles. The second-order valence-electron chi connectivity index (χ2n) is 6.78. The summed E-state index contributed by atoms with van der Waals surface area (Å²) >= 11 is 6.05. The molecule has 4 heteroatoms. The molecule has 2 aromatic carbocycles. The van der Waals surface area contributed by atoms with E-state index in [2.05, 4.69) is 4.90 Å². The molecule has 3 nitrogen and oxygen atoms in total. The first kappa shape index (κ1) is 18.1. The van der Waals surface area contributed by atoms with Gasteiger partial charge in [-0.15, -0.1) is 0 Å². The molecule has 3 rings (SSSR count). The van der Waals surface area contributed by atoms with E-state index in [-0.39, 0.29) is 5.78 Å². The molecule has 25 heavy (non-hydrogen) atoms. The number of Topliss-reactive ketones (excluding diaryl/α,β-unsaturated/α-hetero) is 1. The van der Waals surface area contributed by atoms with Crippen LogP contribution in [0, 0.1) is 0 Å². The number of nitrogens with zero attached hydrogens (tertiary/aromatic N) is 1. The van der Waals surface area contributed by atoms with Crippen LogP contribution in [0.3, 0.4) is 0 Å². The molecule has 1 fully saturated rings. The third-order valence-corrected chi connectivity index (χ3v) is 5.25. The SMILES string of the molecule is O=C(CCCN1CCC(O)(c2cccc(Cl)c2)CC1)c1ccccc1. The molecule has 0 aliphatic carbocycles. The Morgan fingerprint density at radius 2 is 1.80 bits per heavy atom. The van der Waals surface area contributed by atoms with Gasteiger partial charge >= 0.3 is 0 Å². The fourth-order valence-electron chi connectivity index (χ4n) is 3.44. The number of piperidine rings is 1. The van der Waals surface area contributed by atoms with Gasteiger partial charge in [-0.1, -0.05) is 54.1 Å². The van der Waals surface area contributed by atoms with E-state index in [9.17, 15) is 9.90 Å². The number of aliphatic hydroxyl groups is 1. The van der Waals surface area contributed by atoms with Crippen molar-refractivity contribution in [1.82, 2.24) is 4.90 Å². The first-order valence-corrected chi connectivity index (χ1v) is 9.24. The van der Waals surface area contributed by atoms with Crippen molar-refractivity contribution >= 4 is 17.4 Å². The molecule has 0 radical (unpaired) electrons. The molecule has 0 unspecified atom stereocenters. The van der Waals surface area contributed by atoms with Crippen LogP contribution in [0.4, 0.5) is 0 Å². The molecule has 1 saturated heterocycles. The Morgan fingerprint density at radius 1 is 1.08 bits per heavy atom. The first-order valence-electron chi connectivity index (χ1n) is 8.86. The predicted octanol–water partition coefficient (Wildman–Crippen LogP) is 4.29. The van der Waals surface area contributed by atoms with Crippen molar-refractivity contribution in [2.75, 3.05) is 19.6 Å². The van der Waals surface area contributed by atoms with Crippen LogP contribution in [0.1, 0.15) is 41.6 Å². The number of benzene rings is 2. The van der Waals surface area contributed by atoms with Gasteiger partial charge in [-0.2, -0.15) is 0 Å². The number of ketones is 1. The lowest BCUT2D eigenvalue weighted by Crippen LogP contribution is -2.42. The Morgan fingerprint density at radius 3 is 2.48 bits per heavy atom. The van der Waals surface area contributed by atoms with Gasteiger partial charge in [-0.3, -0.25) is 4.79 Å². The van der Waals surface area contributed by atoms with Gasteiger partial charge in [0.1, 0.15) is 0 Å². The highest BCUT2D eigenvalue weighted by Crippen LogP contribution is 2.33. The fourth-order valence-corrected chi connectivity index (χ4v) is 3.64. The Hall–Kier alpha value is -1.68. The van der Waals surface area contributed by atoms with Crippen LogP contribution in [0.5, 0.6) is 0 Å². The second kappa shape index (κ2) is 8.13. The lowest BCUT2D eigenvalue weighted by Gasteiger charge is -2.38. The summed E-state index contributed by atoms with van der Waals surface area (Å²) in [6.07, 6.45) is 2.81. The highest BCUT2D eigenvalue weighted by molar-refractivity contribution is 6.30. The molecule has 1 N–H and O–H groups in total. The summed E-state index contributed by atoms with van der Waals surface area (Å²) < 4.78 is 0. The number of halogens is 1. The van der Waals surface area contributed by atoms with Gasteiger partial charge in [0.25, 0.3) is 0 Å². The van der Waals surface area contributed by atoms with Gasteiger partial charge in [0.05, 0.1) is 5.60 Å². The highest BCUT2D eigenvalue weighted by Gasteiger charge is 2.33. The molecule has 132 valence electrons. The molecule has 0 spiro atoms. The molecule has 1 aliphatic rings. The largest absolute Gasteiger partial charge is 0.385 e. The minimum Gasteiger partial charge on any atom is -0.385 e.